The summed E-state index contributed by atoms with van der Waals surface area (Å²) >= 11 is 15.4. The van der Waals surface area contributed by atoms with E-state index >= 15 is 0 Å². The Hall–Kier alpha value is -0.900. The zero-order valence-electron chi connectivity index (χ0n) is 8.68. The maximum Gasteiger partial charge on any atom is 0.0807 e. The Morgan fingerprint density at radius 3 is 2.53 bits per heavy atom. The Balaban J connectivity index is 2.38. The van der Waals surface area contributed by atoms with Crippen molar-refractivity contribution in [1.82, 2.24) is 0 Å². The van der Waals surface area contributed by atoms with Crippen molar-refractivity contribution in [2.75, 3.05) is 11.1 Å². The number of nitrogens with one attached hydrogen (secondary N) is 1. The normalized spacial score (nSPS) is 10.3. The van der Waals surface area contributed by atoms with Gasteiger partial charge in [0.2, 0.25) is 0 Å². The molecule has 5 heteroatoms. The Morgan fingerprint density at radius 1 is 1.12 bits per heavy atom. The third kappa shape index (κ3) is 2.86. The van der Waals surface area contributed by atoms with E-state index in [9.17, 15) is 0 Å². The average molecular weight is 332 g/mol. The summed E-state index contributed by atoms with van der Waals surface area (Å²) < 4.78 is 0.851. The molecule has 0 saturated carbocycles. The fourth-order valence-corrected chi connectivity index (χ4v) is 2.41. The van der Waals surface area contributed by atoms with Gasteiger partial charge in [-0.25, -0.2) is 0 Å². The summed E-state index contributed by atoms with van der Waals surface area (Å²) in [6.45, 7) is 0. The Kier molecular flexibility index (Phi) is 3.82. The summed E-state index contributed by atoms with van der Waals surface area (Å²) in [5, 5.41) is 4.41. The van der Waals surface area contributed by atoms with Crippen LogP contribution in [0.25, 0.3) is 0 Å². The molecule has 0 unspecified atom stereocenters. The molecule has 2 aromatic rings. The van der Waals surface area contributed by atoms with Crippen LogP contribution in [-0.4, -0.2) is 0 Å². The maximum absolute atomic E-state index is 6.08. The second-order valence-electron chi connectivity index (χ2n) is 3.45. The number of nitrogen functional groups attached to an aromatic ring is 1. The van der Waals surface area contributed by atoms with Crippen LogP contribution in [0.3, 0.4) is 0 Å². The van der Waals surface area contributed by atoms with Crippen molar-refractivity contribution in [3.05, 3.63) is 50.9 Å². The molecule has 0 aliphatic rings. The van der Waals surface area contributed by atoms with Crippen LogP contribution in [0.1, 0.15) is 0 Å². The first-order chi connectivity index (χ1) is 8.08. The first-order valence-electron chi connectivity index (χ1n) is 4.84. The first kappa shape index (κ1) is 12.6. The van der Waals surface area contributed by atoms with E-state index in [-0.39, 0.29) is 0 Å². The van der Waals surface area contributed by atoms with Gasteiger partial charge in [-0.1, -0.05) is 29.3 Å². The van der Waals surface area contributed by atoms with E-state index in [0.29, 0.717) is 21.4 Å². The third-order valence-corrected chi connectivity index (χ3v) is 3.44. The topological polar surface area (TPSA) is 38.0 Å². The first-order valence-corrected chi connectivity index (χ1v) is 6.39. The van der Waals surface area contributed by atoms with E-state index in [1.807, 2.05) is 6.07 Å². The molecule has 2 rings (SSSR count). The van der Waals surface area contributed by atoms with Gasteiger partial charge in [0.05, 0.1) is 22.1 Å². The van der Waals surface area contributed by atoms with Gasteiger partial charge < -0.3 is 11.1 Å². The second kappa shape index (κ2) is 5.17. The van der Waals surface area contributed by atoms with Crippen LogP contribution < -0.4 is 11.1 Å². The van der Waals surface area contributed by atoms with E-state index in [0.717, 1.165) is 10.2 Å². The highest BCUT2D eigenvalue weighted by Crippen LogP contribution is 2.34. The van der Waals surface area contributed by atoms with Crippen LogP contribution in [0.5, 0.6) is 0 Å². The lowest BCUT2D eigenvalue weighted by atomic mass is 10.2. The molecule has 0 fully saturated rings. The Morgan fingerprint density at radius 2 is 1.88 bits per heavy atom. The molecule has 0 aliphatic carbocycles. The van der Waals surface area contributed by atoms with Gasteiger partial charge >= 0.3 is 0 Å². The number of halogens is 3. The van der Waals surface area contributed by atoms with Gasteiger partial charge in [0, 0.05) is 9.50 Å². The van der Waals surface area contributed by atoms with Gasteiger partial charge in [-0.2, -0.15) is 0 Å². The van der Waals surface area contributed by atoms with Crippen LogP contribution >= 0.6 is 39.1 Å². The molecular weight excluding hydrogens is 323 g/mol. The molecule has 17 heavy (non-hydrogen) atoms. The van der Waals surface area contributed by atoms with Crippen molar-refractivity contribution in [1.29, 1.82) is 0 Å². The highest BCUT2D eigenvalue weighted by Gasteiger charge is 2.07. The lowest BCUT2D eigenvalue weighted by Crippen LogP contribution is -1.97. The van der Waals surface area contributed by atoms with Gasteiger partial charge in [-0.05, 0) is 46.3 Å². The SMILES string of the molecule is Nc1cccc(Cl)c1Nc1ccc(Cl)cc1Br. The van der Waals surface area contributed by atoms with Crippen LogP contribution in [-0.2, 0) is 0 Å². The van der Waals surface area contributed by atoms with Gasteiger partial charge in [-0.3, -0.25) is 0 Å². The summed E-state index contributed by atoms with van der Waals surface area (Å²) in [5.74, 6) is 0. The van der Waals surface area contributed by atoms with Crippen LogP contribution in [0, 0.1) is 0 Å². The molecule has 3 N–H and O–H groups in total. The van der Waals surface area contributed by atoms with Crippen molar-refractivity contribution in [2.45, 2.75) is 0 Å². The molecule has 88 valence electrons. The third-order valence-electron chi connectivity index (χ3n) is 2.24. The molecule has 0 atom stereocenters. The van der Waals surface area contributed by atoms with Crippen molar-refractivity contribution >= 4 is 56.2 Å². The van der Waals surface area contributed by atoms with Crippen molar-refractivity contribution < 1.29 is 0 Å². The molecule has 0 heterocycles. The van der Waals surface area contributed by atoms with E-state index < -0.39 is 0 Å². The summed E-state index contributed by atoms with van der Waals surface area (Å²) in [6, 6.07) is 10.8. The van der Waals surface area contributed by atoms with E-state index in [1.54, 1.807) is 30.3 Å². The number of hydrogen-bond donors (Lipinski definition) is 2. The number of hydrogen-bond acceptors (Lipinski definition) is 2. The second-order valence-corrected chi connectivity index (χ2v) is 5.15. The highest BCUT2D eigenvalue weighted by molar-refractivity contribution is 9.10. The molecule has 0 saturated heterocycles. The smallest absolute Gasteiger partial charge is 0.0807 e. The van der Waals surface area contributed by atoms with Crippen LogP contribution in [0.15, 0.2) is 40.9 Å². The lowest BCUT2D eigenvalue weighted by molar-refractivity contribution is 1.52. The van der Waals surface area contributed by atoms with E-state index in [2.05, 4.69) is 21.2 Å². The minimum absolute atomic E-state index is 0.576. The number of anilines is 3. The van der Waals surface area contributed by atoms with E-state index in [4.69, 9.17) is 28.9 Å². The fourth-order valence-electron chi connectivity index (χ4n) is 1.40. The molecular formula is C12H9BrCl2N2. The van der Waals surface area contributed by atoms with E-state index in [1.165, 1.54) is 0 Å². The molecule has 2 nitrogen and oxygen atoms in total. The van der Waals surface area contributed by atoms with Gasteiger partial charge in [0.25, 0.3) is 0 Å². The predicted molar refractivity (Wildman–Crippen MR) is 78.3 cm³/mol. The molecule has 0 aromatic heterocycles. The minimum atomic E-state index is 0.576. The van der Waals surface area contributed by atoms with Crippen molar-refractivity contribution in [2.24, 2.45) is 0 Å². The van der Waals surface area contributed by atoms with Gasteiger partial charge in [-0.15, -0.1) is 0 Å². The lowest BCUT2D eigenvalue weighted by Gasteiger charge is -2.12. The molecule has 0 aliphatic heterocycles. The number of rotatable bonds is 2. The summed E-state index contributed by atoms with van der Waals surface area (Å²) in [4.78, 5) is 0. The number of para-hydroxylation sites is 1. The fraction of sp³-hybridized carbons (Fsp3) is 0. The molecule has 0 spiro atoms. The minimum Gasteiger partial charge on any atom is -0.397 e. The zero-order valence-corrected chi connectivity index (χ0v) is 11.8. The van der Waals surface area contributed by atoms with Crippen molar-refractivity contribution in [3.8, 4) is 0 Å². The standard InChI is InChI=1S/C12H9BrCl2N2/c13-8-6-7(14)4-5-11(8)17-12-9(15)2-1-3-10(12)16/h1-6,17H,16H2. The quantitative estimate of drug-likeness (QED) is 0.753. The van der Waals surface area contributed by atoms with Crippen molar-refractivity contribution in [3.63, 3.8) is 0 Å². The summed E-state index contributed by atoms with van der Waals surface area (Å²) in [5.41, 5.74) is 8.01. The van der Waals surface area contributed by atoms with Gasteiger partial charge in [0.15, 0.2) is 0 Å². The van der Waals surface area contributed by atoms with Crippen LogP contribution in [0.4, 0.5) is 17.1 Å². The Bertz CT molecular complexity index is 538. The number of nitrogens with two attached hydrogens (primary N) is 1. The highest BCUT2D eigenvalue weighted by atomic mass is 79.9. The average Bonchev–Trinajstić information content (AvgIpc) is 2.26. The molecule has 0 radical (unpaired) electrons. The molecule has 2 aromatic carbocycles. The number of benzene rings is 2. The molecule has 0 bridgehead atoms. The van der Waals surface area contributed by atoms with Gasteiger partial charge in [0.1, 0.15) is 0 Å². The summed E-state index contributed by atoms with van der Waals surface area (Å²) in [7, 11) is 0. The molecule has 0 amide bonds. The zero-order chi connectivity index (χ0) is 12.4. The Labute approximate surface area is 118 Å². The largest absolute Gasteiger partial charge is 0.397 e. The summed E-state index contributed by atoms with van der Waals surface area (Å²) in [6.07, 6.45) is 0. The monoisotopic (exact) mass is 330 g/mol. The van der Waals surface area contributed by atoms with Crippen LogP contribution in [0.2, 0.25) is 10.0 Å². The predicted octanol–water partition coefficient (Wildman–Crippen LogP) is 5.08. The maximum atomic E-state index is 6.08.